The first-order valence-electron chi connectivity index (χ1n) is 6.65. The summed E-state index contributed by atoms with van der Waals surface area (Å²) < 4.78 is 11.3. The Balaban J connectivity index is 1.83. The van der Waals surface area contributed by atoms with Crippen molar-refractivity contribution in [2.24, 2.45) is 0 Å². The average Bonchev–Trinajstić information content (AvgIpc) is 2.86. The fourth-order valence-electron chi connectivity index (χ4n) is 2.04. The molecule has 0 bridgehead atoms. The SMILES string of the molecule is CCNCc1nnc(N(C)CC2CCCCO2)o1. The zero-order valence-corrected chi connectivity index (χ0v) is 11.2. The van der Waals surface area contributed by atoms with Gasteiger partial charge in [-0.05, 0) is 25.8 Å². The zero-order chi connectivity index (χ0) is 12.8. The van der Waals surface area contributed by atoms with Crippen LogP contribution < -0.4 is 10.2 Å². The Morgan fingerprint density at radius 2 is 2.28 bits per heavy atom. The summed E-state index contributed by atoms with van der Waals surface area (Å²) in [6.45, 7) is 5.24. The van der Waals surface area contributed by atoms with E-state index in [1.165, 1.54) is 12.8 Å². The minimum atomic E-state index is 0.285. The molecule has 1 atom stereocenters. The predicted octanol–water partition coefficient (Wildman–Crippen LogP) is 1.18. The van der Waals surface area contributed by atoms with Crippen LogP contribution in [0.4, 0.5) is 6.01 Å². The Kier molecular flexibility index (Phi) is 4.95. The Morgan fingerprint density at radius 1 is 1.39 bits per heavy atom. The molecule has 0 aliphatic carbocycles. The number of nitrogens with one attached hydrogen (secondary N) is 1. The molecule has 1 aliphatic heterocycles. The summed E-state index contributed by atoms with van der Waals surface area (Å²) in [6, 6.07) is 0.567. The minimum Gasteiger partial charge on any atom is -0.407 e. The molecule has 0 amide bonds. The van der Waals surface area contributed by atoms with E-state index in [4.69, 9.17) is 9.15 Å². The molecule has 6 heteroatoms. The summed E-state index contributed by atoms with van der Waals surface area (Å²) in [5, 5.41) is 11.2. The normalized spacial score (nSPS) is 20.0. The van der Waals surface area contributed by atoms with Gasteiger partial charge in [-0.25, -0.2) is 0 Å². The lowest BCUT2D eigenvalue weighted by molar-refractivity contribution is 0.0211. The van der Waals surface area contributed by atoms with Crippen molar-refractivity contribution in [2.45, 2.75) is 38.8 Å². The molecule has 1 unspecified atom stereocenters. The molecule has 1 N–H and O–H groups in total. The summed E-state index contributed by atoms with van der Waals surface area (Å²) in [4.78, 5) is 1.97. The van der Waals surface area contributed by atoms with E-state index in [0.717, 1.165) is 26.1 Å². The maximum absolute atomic E-state index is 5.70. The van der Waals surface area contributed by atoms with Crippen LogP contribution in [0.15, 0.2) is 4.42 Å². The van der Waals surface area contributed by atoms with Gasteiger partial charge in [-0.15, -0.1) is 5.10 Å². The average molecular weight is 254 g/mol. The molecule has 0 saturated carbocycles. The van der Waals surface area contributed by atoms with Gasteiger partial charge >= 0.3 is 6.01 Å². The molecule has 1 saturated heterocycles. The van der Waals surface area contributed by atoms with E-state index in [9.17, 15) is 0 Å². The maximum atomic E-state index is 5.70. The third-order valence-corrected chi connectivity index (χ3v) is 3.06. The quantitative estimate of drug-likeness (QED) is 0.822. The van der Waals surface area contributed by atoms with E-state index in [0.29, 0.717) is 18.5 Å². The van der Waals surface area contributed by atoms with Crippen LogP contribution in [0.2, 0.25) is 0 Å². The number of hydrogen-bond donors (Lipinski definition) is 1. The Labute approximate surface area is 108 Å². The third kappa shape index (κ3) is 3.68. The second-order valence-electron chi connectivity index (χ2n) is 4.63. The van der Waals surface area contributed by atoms with Crippen LogP contribution in [0.25, 0.3) is 0 Å². The van der Waals surface area contributed by atoms with Gasteiger partial charge in [-0.3, -0.25) is 0 Å². The van der Waals surface area contributed by atoms with Crippen molar-refractivity contribution in [1.82, 2.24) is 15.5 Å². The monoisotopic (exact) mass is 254 g/mol. The van der Waals surface area contributed by atoms with Gasteiger partial charge in [0.1, 0.15) is 0 Å². The van der Waals surface area contributed by atoms with Gasteiger partial charge in [-0.1, -0.05) is 12.0 Å². The lowest BCUT2D eigenvalue weighted by Crippen LogP contribution is -2.33. The number of aromatic nitrogens is 2. The van der Waals surface area contributed by atoms with Crippen LogP contribution in [-0.2, 0) is 11.3 Å². The molecule has 0 aromatic carbocycles. The van der Waals surface area contributed by atoms with Crippen molar-refractivity contribution in [3.8, 4) is 0 Å². The van der Waals surface area contributed by atoms with E-state index < -0.39 is 0 Å². The second kappa shape index (κ2) is 6.70. The maximum Gasteiger partial charge on any atom is 0.318 e. The van der Waals surface area contributed by atoms with Crippen LogP contribution >= 0.6 is 0 Å². The standard InChI is InChI=1S/C12H22N4O2/c1-3-13-8-11-14-15-12(18-11)16(2)9-10-6-4-5-7-17-10/h10,13H,3-9H2,1-2H3. The molecule has 1 aliphatic rings. The highest BCUT2D eigenvalue weighted by atomic mass is 16.5. The Bertz CT molecular complexity index is 350. The Hall–Kier alpha value is -1.14. The minimum absolute atomic E-state index is 0.285. The lowest BCUT2D eigenvalue weighted by Gasteiger charge is -2.26. The first kappa shape index (κ1) is 13.3. The van der Waals surface area contributed by atoms with Crippen LogP contribution in [0, 0.1) is 0 Å². The summed E-state index contributed by atoms with van der Waals surface area (Å²) in [7, 11) is 1.96. The first-order valence-corrected chi connectivity index (χ1v) is 6.65. The molecule has 0 spiro atoms. The highest BCUT2D eigenvalue weighted by Crippen LogP contribution is 2.16. The number of rotatable bonds is 6. The summed E-state index contributed by atoms with van der Waals surface area (Å²) >= 11 is 0. The summed E-state index contributed by atoms with van der Waals surface area (Å²) in [5.41, 5.74) is 0. The van der Waals surface area contributed by atoms with Gasteiger partial charge in [-0.2, -0.15) is 0 Å². The molecular weight excluding hydrogens is 232 g/mol. The van der Waals surface area contributed by atoms with Gasteiger partial charge in [0.15, 0.2) is 0 Å². The molecule has 6 nitrogen and oxygen atoms in total. The zero-order valence-electron chi connectivity index (χ0n) is 11.2. The van der Waals surface area contributed by atoms with Crippen LogP contribution in [0.1, 0.15) is 32.1 Å². The van der Waals surface area contributed by atoms with Crippen molar-refractivity contribution < 1.29 is 9.15 Å². The van der Waals surface area contributed by atoms with Crippen molar-refractivity contribution in [1.29, 1.82) is 0 Å². The van der Waals surface area contributed by atoms with E-state index in [-0.39, 0.29) is 6.10 Å². The van der Waals surface area contributed by atoms with Crippen molar-refractivity contribution in [3.63, 3.8) is 0 Å². The van der Waals surface area contributed by atoms with Crippen molar-refractivity contribution >= 4 is 6.01 Å². The molecule has 1 aromatic heterocycles. The van der Waals surface area contributed by atoms with Gasteiger partial charge in [0.25, 0.3) is 0 Å². The largest absolute Gasteiger partial charge is 0.407 e. The van der Waals surface area contributed by atoms with E-state index in [1.54, 1.807) is 0 Å². The predicted molar refractivity (Wildman–Crippen MR) is 68.5 cm³/mol. The smallest absolute Gasteiger partial charge is 0.318 e. The number of nitrogens with zero attached hydrogens (tertiary/aromatic N) is 3. The number of hydrogen-bond acceptors (Lipinski definition) is 6. The van der Waals surface area contributed by atoms with Gasteiger partial charge in [0, 0.05) is 20.2 Å². The van der Waals surface area contributed by atoms with Gasteiger partial charge < -0.3 is 19.4 Å². The van der Waals surface area contributed by atoms with Crippen LogP contribution in [-0.4, -0.2) is 43.0 Å². The molecule has 1 aromatic rings. The van der Waals surface area contributed by atoms with Crippen molar-refractivity contribution in [3.05, 3.63) is 5.89 Å². The fraction of sp³-hybridized carbons (Fsp3) is 0.833. The lowest BCUT2D eigenvalue weighted by atomic mass is 10.1. The first-order chi connectivity index (χ1) is 8.79. The highest BCUT2D eigenvalue weighted by molar-refractivity contribution is 5.22. The fourth-order valence-corrected chi connectivity index (χ4v) is 2.04. The molecule has 2 rings (SSSR count). The van der Waals surface area contributed by atoms with E-state index in [2.05, 4.69) is 15.5 Å². The molecule has 2 heterocycles. The van der Waals surface area contributed by atoms with E-state index in [1.807, 2.05) is 18.9 Å². The van der Waals surface area contributed by atoms with Crippen molar-refractivity contribution in [2.75, 3.05) is 31.6 Å². The molecule has 0 radical (unpaired) electrons. The van der Waals surface area contributed by atoms with E-state index >= 15 is 0 Å². The second-order valence-corrected chi connectivity index (χ2v) is 4.63. The van der Waals surface area contributed by atoms with Crippen LogP contribution in [0.3, 0.4) is 0 Å². The molecule has 102 valence electrons. The molecule has 18 heavy (non-hydrogen) atoms. The number of likely N-dealkylation sites (N-methyl/N-ethyl adjacent to an activating group) is 1. The third-order valence-electron chi connectivity index (χ3n) is 3.06. The van der Waals surface area contributed by atoms with Crippen LogP contribution in [0.5, 0.6) is 0 Å². The Morgan fingerprint density at radius 3 is 3.00 bits per heavy atom. The highest BCUT2D eigenvalue weighted by Gasteiger charge is 2.18. The summed E-state index contributed by atoms with van der Waals surface area (Å²) in [5.74, 6) is 0.628. The summed E-state index contributed by atoms with van der Waals surface area (Å²) in [6.07, 6.45) is 3.82. The van der Waals surface area contributed by atoms with Gasteiger partial charge in [0.2, 0.25) is 5.89 Å². The van der Waals surface area contributed by atoms with Gasteiger partial charge in [0.05, 0.1) is 12.6 Å². The number of anilines is 1. The molecular formula is C12H22N4O2. The molecule has 1 fully saturated rings. The topological polar surface area (TPSA) is 63.4 Å². The number of ether oxygens (including phenoxy) is 1.